The number of carbonyl (C=O) groups is 1. The first-order chi connectivity index (χ1) is 14.9. The lowest BCUT2D eigenvalue weighted by atomic mass is 10.1. The van der Waals surface area contributed by atoms with Gasteiger partial charge in [0.2, 0.25) is 5.91 Å². The number of fused-ring (bicyclic) bond motifs is 1. The number of non-ortho nitro benzene ring substituents is 1. The van der Waals surface area contributed by atoms with Crippen LogP contribution >= 0.6 is 0 Å². The average Bonchev–Trinajstić information content (AvgIpc) is 2.79. The van der Waals surface area contributed by atoms with Gasteiger partial charge in [0, 0.05) is 61.4 Å². The number of nitrogens with one attached hydrogen (secondary N) is 1. The summed E-state index contributed by atoms with van der Waals surface area (Å²) in [6.07, 6.45) is 3.16. The van der Waals surface area contributed by atoms with Crippen LogP contribution in [0.3, 0.4) is 0 Å². The molecule has 160 valence electrons. The van der Waals surface area contributed by atoms with Crippen LogP contribution in [0.15, 0.2) is 54.9 Å². The van der Waals surface area contributed by atoms with Crippen LogP contribution in [0.25, 0.3) is 10.8 Å². The number of benzene rings is 2. The van der Waals surface area contributed by atoms with E-state index in [1.807, 2.05) is 6.92 Å². The molecule has 9 heteroatoms. The Kier molecular flexibility index (Phi) is 5.77. The molecule has 31 heavy (non-hydrogen) atoms. The topological polar surface area (TPSA) is 91.6 Å². The predicted molar refractivity (Wildman–Crippen MR) is 117 cm³/mol. The van der Waals surface area contributed by atoms with Gasteiger partial charge in [-0.2, -0.15) is 0 Å². The molecule has 1 aromatic heterocycles. The molecule has 4 rings (SSSR count). The van der Waals surface area contributed by atoms with E-state index in [9.17, 15) is 19.3 Å². The van der Waals surface area contributed by atoms with Crippen molar-refractivity contribution in [2.45, 2.75) is 13.0 Å². The van der Waals surface area contributed by atoms with E-state index in [1.54, 1.807) is 18.3 Å². The molecular weight excluding hydrogens is 401 g/mol. The quantitative estimate of drug-likeness (QED) is 0.499. The Morgan fingerprint density at radius 1 is 1.10 bits per heavy atom. The molecule has 1 amide bonds. The van der Waals surface area contributed by atoms with Gasteiger partial charge in [-0.15, -0.1) is 0 Å². The highest BCUT2D eigenvalue weighted by molar-refractivity contribution is 5.99. The predicted octanol–water partition coefficient (Wildman–Crippen LogP) is 3.43. The maximum absolute atomic E-state index is 13.0. The third-order valence-corrected chi connectivity index (χ3v) is 5.66. The highest BCUT2D eigenvalue weighted by atomic mass is 19.1. The summed E-state index contributed by atoms with van der Waals surface area (Å²) in [7, 11) is 0. The smallest absolute Gasteiger partial charge is 0.278 e. The lowest BCUT2D eigenvalue weighted by Crippen LogP contribution is -2.52. The number of amides is 1. The number of aromatic nitrogens is 1. The van der Waals surface area contributed by atoms with Gasteiger partial charge in [-0.25, -0.2) is 4.39 Å². The van der Waals surface area contributed by atoms with Crippen molar-refractivity contribution in [1.82, 2.24) is 9.88 Å². The van der Waals surface area contributed by atoms with Gasteiger partial charge in [0.25, 0.3) is 5.69 Å². The van der Waals surface area contributed by atoms with Crippen molar-refractivity contribution < 1.29 is 14.1 Å². The number of piperazine rings is 1. The molecule has 0 saturated carbocycles. The second-order valence-corrected chi connectivity index (χ2v) is 7.48. The van der Waals surface area contributed by atoms with Crippen molar-refractivity contribution in [1.29, 1.82) is 0 Å². The van der Waals surface area contributed by atoms with Crippen molar-refractivity contribution in [2.75, 3.05) is 36.4 Å². The average molecular weight is 423 g/mol. The van der Waals surface area contributed by atoms with Crippen molar-refractivity contribution in [3.05, 3.63) is 70.8 Å². The van der Waals surface area contributed by atoms with Crippen LogP contribution in [0.5, 0.6) is 0 Å². The zero-order chi connectivity index (χ0) is 22.0. The number of nitro groups is 1. The number of anilines is 2. The molecule has 1 atom stereocenters. The first-order valence-electron chi connectivity index (χ1n) is 10.0. The maximum Gasteiger partial charge on any atom is 0.278 e. The van der Waals surface area contributed by atoms with Crippen molar-refractivity contribution in [3.63, 3.8) is 0 Å². The van der Waals surface area contributed by atoms with Crippen LogP contribution in [-0.4, -0.2) is 52.9 Å². The number of nitrogens with zero attached hydrogens (tertiary/aromatic N) is 4. The summed E-state index contributed by atoms with van der Waals surface area (Å²) in [5, 5.41) is 15.5. The van der Waals surface area contributed by atoms with Gasteiger partial charge in [-0.05, 0) is 43.3 Å². The van der Waals surface area contributed by atoms with Crippen molar-refractivity contribution in [3.8, 4) is 0 Å². The first-order valence-corrected chi connectivity index (χ1v) is 10.0. The highest BCUT2D eigenvalue weighted by Gasteiger charge is 2.27. The molecule has 0 spiro atoms. The fourth-order valence-electron chi connectivity index (χ4n) is 3.89. The lowest BCUT2D eigenvalue weighted by molar-refractivity contribution is -0.383. The number of nitro benzene ring substituents is 1. The summed E-state index contributed by atoms with van der Waals surface area (Å²) < 4.78 is 13.0. The van der Waals surface area contributed by atoms with Gasteiger partial charge in [0.1, 0.15) is 5.82 Å². The fraction of sp³-hybridized carbons (Fsp3) is 0.273. The molecule has 2 aromatic carbocycles. The molecule has 1 aliphatic rings. The third-order valence-electron chi connectivity index (χ3n) is 5.66. The van der Waals surface area contributed by atoms with Crippen LogP contribution in [0, 0.1) is 15.9 Å². The van der Waals surface area contributed by atoms with Crippen molar-refractivity contribution in [2.24, 2.45) is 0 Å². The number of pyridine rings is 1. The van der Waals surface area contributed by atoms with E-state index < -0.39 is 4.92 Å². The molecule has 0 bridgehead atoms. The second-order valence-electron chi connectivity index (χ2n) is 7.48. The van der Waals surface area contributed by atoms with E-state index in [1.165, 1.54) is 36.5 Å². The highest BCUT2D eigenvalue weighted by Crippen LogP contribution is 2.33. The summed E-state index contributed by atoms with van der Waals surface area (Å²) in [4.78, 5) is 31.8. The Labute approximate surface area is 178 Å². The van der Waals surface area contributed by atoms with E-state index in [2.05, 4.69) is 20.1 Å². The zero-order valence-electron chi connectivity index (χ0n) is 17.0. The molecule has 1 N–H and O–H groups in total. The summed E-state index contributed by atoms with van der Waals surface area (Å²) in [6.45, 7) is 4.55. The van der Waals surface area contributed by atoms with Gasteiger partial charge in [-0.1, -0.05) is 0 Å². The summed E-state index contributed by atoms with van der Waals surface area (Å²) >= 11 is 0. The molecule has 0 radical (unpaired) electrons. The molecule has 1 unspecified atom stereocenters. The molecule has 1 aliphatic heterocycles. The van der Waals surface area contributed by atoms with Gasteiger partial charge in [0.15, 0.2) is 0 Å². The molecule has 1 fully saturated rings. The molecule has 0 aliphatic carbocycles. The second kappa shape index (κ2) is 8.65. The van der Waals surface area contributed by atoms with E-state index >= 15 is 0 Å². The minimum atomic E-state index is -0.396. The van der Waals surface area contributed by atoms with E-state index in [4.69, 9.17) is 0 Å². The largest absolute Gasteiger partial charge is 0.368 e. The molecule has 2 heterocycles. The van der Waals surface area contributed by atoms with Crippen LogP contribution in [0.4, 0.5) is 21.5 Å². The Hall–Kier alpha value is -3.59. The zero-order valence-corrected chi connectivity index (χ0v) is 17.0. The minimum Gasteiger partial charge on any atom is -0.368 e. The SMILES string of the molecule is CC(C(=O)Nc1ccc(F)cc1)N1CCN(c2ccc([N+](=O)[O-])c3cnccc23)CC1. The number of halogens is 1. The minimum absolute atomic E-state index is 0.0385. The number of hydrogen-bond acceptors (Lipinski definition) is 6. The van der Waals surface area contributed by atoms with Gasteiger partial charge in [0.05, 0.1) is 16.4 Å². The number of carbonyl (C=O) groups excluding carboxylic acids is 1. The van der Waals surface area contributed by atoms with Gasteiger partial charge in [-0.3, -0.25) is 24.8 Å². The van der Waals surface area contributed by atoms with Gasteiger partial charge >= 0.3 is 0 Å². The van der Waals surface area contributed by atoms with Crippen LogP contribution in [0.2, 0.25) is 0 Å². The van der Waals surface area contributed by atoms with Crippen LogP contribution in [-0.2, 0) is 4.79 Å². The summed E-state index contributed by atoms with van der Waals surface area (Å²) in [6, 6.07) is 10.4. The first kappa shape index (κ1) is 20.7. The van der Waals surface area contributed by atoms with Crippen LogP contribution < -0.4 is 10.2 Å². The van der Waals surface area contributed by atoms with Crippen molar-refractivity contribution >= 4 is 33.7 Å². The lowest BCUT2D eigenvalue weighted by Gasteiger charge is -2.38. The monoisotopic (exact) mass is 423 g/mol. The van der Waals surface area contributed by atoms with E-state index in [0.717, 1.165) is 11.1 Å². The summed E-state index contributed by atoms with van der Waals surface area (Å²) in [5.41, 5.74) is 1.52. The van der Waals surface area contributed by atoms with Crippen LogP contribution in [0.1, 0.15) is 6.92 Å². The summed E-state index contributed by atoms with van der Waals surface area (Å²) in [5.74, 6) is -0.497. The Morgan fingerprint density at radius 2 is 1.81 bits per heavy atom. The molecule has 8 nitrogen and oxygen atoms in total. The molecule has 3 aromatic rings. The Balaban J connectivity index is 1.44. The number of rotatable bonds is 5. The maximum atomic E-state index is 13.0. The van der Waals surface area contributed by atoms with Gasteiger partial charge < -0.3 is 10.2 Å². The van der Waals surface area contributed by atoms with E-state index in [-0.39, 0.29) is 23.5 Å². The fourth-order valence-corrected chi connectivity index (χ4v) is 3.89. The normalized spacial score (nSPS) is 15.6. The molecule has 1 saturated heterocycles. The third kappa shape index (κ3) is 4.31. The number of hydrogen-bond donors (Lipinski definition) is 1. The Morgan fingerprint density at radius 3 is 2.48 bits per heavy atom. The standard InChI is InChI=1S/C22H22FN5O3/c1-15(22(29)25-17-4-2-16(23)3-5-17)26-10-12-27(13-11-26)20-6-7-21(28(30)31)19-14-24-9-8-18(19)20/h2-9,14-15H,10-13H2,1H3,(H,25,29). The Bertz CT molecular complexity index is 1110. The van der Waals surface area contributed by atoms with E-state index in [0.29, 0.717) is 37.3 Å². The molecular formula is C22H22FN5O3.